The quantitative estimate of drug-likeness (QED) is 0.852. The van der Waals surface area contributed by atoms with Crippen molar-refractivity contribution in [3.63, 3.8) is 0 Å². The molecule has 1 amide bonds. The number of ether oxygens (including phenoxy) is 1. The summed E-state index contributed by atoms with van der Waals surface area (Å²) >= 11 is 3.13. The van der Waals surface area contributed by atoms with E-state index in [2.05, 4.69) is 21.2 Å². The first-order valence-electron chi connectivity index (χ1n) is 6.00. The monoisotopic (exact) mass is 362 g/mol. The molecule has 1 saturated heterocycles. The number of rotatable bonds is 3. The number of sulfonamides is 1. The van der Waals surface area contributed by atoms with Gasteiger partial charge in [-0.1, -0.05) is 0 Å². The molecule has 6 nitrogen and oxygen atoms in total. The number of hydrogen-bond acceptors (Lipinski definition) is 4. The van der Waals surface area contributed by atoms with Gasteiger partial charge in [-0.05, 0) is 53.9 Å². The number of anilines is 1. The number of hydrogen-bond donors (Lipinski definition) is 2. The van der Waals surface area contributed by atoms with E-state index in [0.717, 1.165) is 6.42 Å². The van der Waals surface area contributed by atoms with Crippen LogP contribution in [0.5, 0.6) is 0 Å². The second kappa shape index (κ2) is 5.44. The average Bonchev–Trinajstić information content (AvgIpc) is 2.76. The molecule has 1 heterocycles. The lowest BCUT2D eigenvalue weighted by atomic mass is 10.0. The summed E-state index contributed by atoms with van der Waals surface area (Å²) in [6.07, 6.45) is 1.51. The zero-order valence-corrected chi connectivity index (χ0v) is 13.3. The number of benzene rings is 1. The van der Waals surface area contributed by atoms with Crippen molar-refractivity contribution in [2.45, 2.75) is 30.3 Å². The minimum atomic E-state index is -3.79. The molecule has 1 atom stereocenters. The molecule has 0 bridgehead atoms. The van der Waals surface area contributed by atoms with Crippen LogP contribution in [0, 0.1) is 0 Å². The van der Waals surface area contributed by atoms with Crippen LogP contribution < -0.4 is 10.5 Å². The molecule has 0 radical (unpaired) electrons. The average molecular weight is 363 g/mol. The summed E-state index contributed by atoms with van der Waals surface area (Å²) in [5.41, 5.74) is -0.351. The SMILES string of the molecule is CC1(C(=O)Nc2ccc(S(N)(=O)=O)c(Br)c2)CCCO1. The molecule has 110 valence electrons. The van der Waals surface area contributed by atoms with Crippen molar-refractivity contribution in [3.8, 4) is 0 Å². The first-order chi connectivity index (χ1) is 9.22. The Morgan fingerprint density at radius 1 is 1.50 bits per heavy atom. The van der Waals surface area contributed by atoms with Gasteiger partial charge < -0.3 is 10.1 Å². The molecule has 0 saturated carbocycles. The minimum Gasteiger partial charge on any atom is -0.365 e. The predicted molar refractivity (Wildman–Crippen MR) is 77.7 cm³/mol. The molecule has 1 unspecified atom stereocenters. The molecule has 1 aromatic carbocycles. The zero-order valence-electron chi connectivity index (χ0n) is 10.8. The number of primary sulfonamides is 1. The molecule has 2 rings (SSSR count). The van der Waals surface area contributed by atoms with E-state index in [0.29, 0.717) is 23.2 Å². The molecule has 0 spiro atoms. The van der Waals surface area contributed by atoms with Gasteiger partial charge in [0, 0.05) is 16.8 Å². The summed E-state index contributed by atoms with van der Waals surface area (Å²) in [4.78, 5) is 12.1. The minimum absolute atomic E-state index is 0.0289. The van der Waals surface area contributed by atoms with E-state index < -0.39 is 15.6 Å². The van der Waals surface area contributed by atoms with Gasteiger partial charge in [0.05, 0.1) is 4.90 Å². The number of nitrogens with two attached hydrogens (primary N) is 1. The maximum atomic E-state index is 12.1. The van der Waals surface area contributed by atoms with Crippen molar-refractivity contribution in [2.24, 2.45) is 5.14 Å². The zero-order chi connectivity index (χ0) is 15.0. The van der Waals surface area contributed by atoms with Gasteiger partial charge in [-0.2, -0.15) is 0 Å². The second-order valence-corrected chi connectivity index (χ2v) is 7.21. The molecule has 20 heavy (non-hydrogen) atoms. The van der Waals surface area contributed by atoms with E-state index in [1.54, 1.807) is 6.92 Å². The van der Waals surface area contributed by atoms with Crippen molar-refractivity contribution in [1.29, 1.82) is 0 Å². The molecule has 0 aliphatic carbocycles. The Bertz CT molecular complexity index is 639. The van der Waals surface area contributed by atoms with Crippen LogP contribution in [0.1, 0.15) is 19.8 Å². The second-order valence-electron chi connectivity index (χ2n) is 4.83. The largest absolute Gasteiger partial charge is 0.365 e. The van der Waals surface area contributed by atoms with Gasteiger partial charge in [-0.25, -0.2) is 13.6 Å². The molecule has 0 aromatic heterocycles. The third-order valence-corrected chi connectivity index (χ3v) is 5.08. The van der Waals surface area contributed by atoms with Gasteiger partial charge in [-0.3, -0.25) is 4.79 Å². The standard InChI is InChI=1S/C12H15BrN2O4S/c1-12(5-2-6-19-12)11(16)15-8-3-4-10(9(13)7-8)20(14,17)18/h3-4,7H,2,5-6H2,1H3,(H,15,16)(H2,14,17,18). The summed E-state index contributed by atoms with van der Waals surface area (Å²) in [5.74, 6) is -0.245. The van der Waals surface area contributed by atoms with Crippen molar-refractivity contribution < 1.29 is 17.9 Å². The number of carbonyl (C=O) groups excluding carboxylic acids is 1. The number of halogens is 1. The van der Waals surface area contributed by atoms with Gasteiger partial charge in [0.15, 0.2) is 0 Å². The van der Waals surface area contributed by atoms with Gasteiger partial charge in [0.2, 0.25) is 10.0 Å². The van der Waals surface area contributed by atoms with Gasteiger partial charge in [0.1, 0.15) is 5.60 Å². The van der Waals surface area contributed by atoms with Crippen molar-refractivity contribution >= 4 is 37.5 Å². The fraction of sp³-hybridized carbons (Fsp3) is 0.417. The summed E-state index contributed by atoms with van der Waals surface area (Å²) in [7, 11) is -3.79. The fourth-order valence-corrected chi connectivity index (χ4v) is 3.67. The van der Waals surface area contributed by atoms with Gasteiger partial charge >= 0.3 is 0 Å². The highest BCUT2D eigenvalue weighted by atomic mass is 79.9. The molecule has 1 fully saturated rings. The Kier molecular flexibility index (Phi) is 4.19. The summed E-state index contributed by atoms with van der Waals surface area (Å²) < 4.78 is 28.3. The van der Waals surface area contributed by atoms with Crippen LogP contribution in [0.2, 0.25) is 0 Å². The van der Waals surface area contributed by atoms with Gasteiger partial charge in [0.25, 0.3) is 5.91 Å². The lowest BCUT2D eigenvalue weighted by molar-refractivity contribution is -0.133. The number of nitrogens with one attached hydrogen (secondary N) is 1. The van der Waals surface area contributed by atoms with Crippen molar-refractivity contribution in [2.75, 3.05) is 11.9 Å². The fourth-order valence-electron chi connectivity index (χ4n) is 2.03. The molecular formula is C12H15BrN2O4S. The Morgan fingerprint density at radius 2 is 2.20 bits per heavy atom. The van der Waals surface area contributed by atoms with E-state index in [1.165, 1.54) is 18.2 Å². The van der Waals surface area contributed by atoms with E-state index in [1.807, 2.05) is 0 Å². The van der Waals surface area contributed by atoms with Crippen LogP contribution in [0.25, 0.3) is 0 Å². The normalized spacial score (nSPS) is 22.8. The van der Waals surface area contributed by atoms with Gasteiger partial charge in [-0.15, -0.1) is 0 Å². The van der Waals surface area contributed by atoms with Crippen LogP contribution in [0.15, 0.2) is 27.6 Å². The molecule has 1 aliphatic heterocycles. The Balaban J connectivity index is 2.19. The molecule has 1 aromatic rings. The lowest BCUT2D eigenvalue weighted by Gasteiger charge is -2.22. The summed E-state index contributed by atoms with van der Waals surface area (Å²) in [6, 6.07) is 4.32. The lowest BCUT2D eigenvalue weighted by Crippen LogP contribution is -2.39. The Hall–Kier alpha value is -0.960. The van der Waals surface area contributed by atoms with Crippen LogP contribution in [-0.2, 0) is 19.6 Å². The maximum Gasteiger partial charge on any atom is 0.256 e. The smallest absolute Gasteiger partial charge is 0.256 e. The first-order valence-corrected chi connectivity index (χ1v) is 8.34. The number of amides is 1. The topological polar surface area (TPSA) is 98.5 Å². The third kappa shape index (κ3) is 3.20. The summed E-state index contributed by atoms with van der Waals surface area (Å²) in [6.45, 7) is 2.31. The summed E-state index contributed by atoms with van der Waals surface area (Å²) in [5, 5.41) is 7.78. The van der Waals surface area contributed by atoms with Crippen LogP contribution in [-0.4, -0.2) is 26.5 Å². The molecule has 1 aliphatic rings. The Morgan fingerprint density at radius 3 is 2.70 bits per heavy atom. The van der Waals surface area contributed by atoms with Crippen LogP contribution >= 0.6 is 15.9 Å². The maximum absolute atomic E-state index is 12.1. The highest BCUT2D eigenvalue weighted by Gasteiger charge is 2.37. The number of carbonyl (C=O) groups is 1. The first kappa shape index (κ1) is 15.4. The molecule has 8 heteroatoms. The highest BCUT2D eigenvalue weighted by molar-refractivity contribution is 9.10. The predicted octanol–water partition coefficient (Wildman–Crippen LogP) is 1.60. The molecule has 3 N–H and O–H groups in total. The molecular weight excluding hydrogens is 348 g/mol. The van der Waals surface area contributed by atoms with E-state index in [9.17, 15) is 13.2 Å². The van der Waals surface area contributed by atoms with Crippen LogP contribution in [0.3, 0.4) is 0 Å². The van der Waals surface area contributed by atoms with Crippen molar-refractivity contribution in [3.05, 3.63) is 22.7 Å². The van der Waals surface area contributed by atoms with E-state index in [-0.39, 0.29) is 10.8 Å². The van der Waals surface area contributed by atoms with E-state index >= 15 is 0 Å². The Labute approximate surface area is 125 Å². The third-order valence-electron chi connectivity index (χ3n) is 3.20. The van der Waals surface area contributed by atoms with Crippen molar-refractivity contribution in [1.82, 2.24) is 0 Å². The van der Waals surface area contributed by atoms with E-state index in [4.69, 9.17) is 9.88 Å². The highest BCUT2D eigenvalue weighted by Crippen LogP contribution is 2.28. The van der Waals surface area contributed by atoms with Crippen LogP contribution in [0.4, 0.5) is 5.69 Å².